The van der Waals surface area contributed by atoms with Gasteiger partial charge in [0.15, 0.2) is 17.8 Å². The second kappa shape index (κ2) is 4.91. The van der Waals surface area contributed by atoms with E-state index in [0.29, 0.717) is 0 Å². The molecule has 0 aromatic rings. The molecule has 4 heterocycles. The van der Waals surface area contributed by atoms with Crippen molar-refractivity contribution < 1.29 is 53.8 Å². The third kappa shape index (κ3) is 1.43. The molecule has 4 aliphatic heterocycles. The Morgan fingerprint density at radius 3 is 2.19 bits per heavy atom. The second-order valence-electron chi connectivity index (χ2n) is 10.8. The summed E-state index contributed by atoms with van der Waals surface area (Å²) in [5.74, 6) is -5.22. The standard InChI is InChI=1S/C20H24O11/c1-5-12(24)28-11-8(22)18-10-6(21)7(16(2,3)4)17(18)9(23)13(25)30-15(17)31-20(18,14(26)29-10)19(5,11)27/h5-11,15,21-23,27H,1-4H3/t5-,6?,7?,8+,9?,10-,11+,15+,17?,18?,19-,20?/m1/s1. The lowest BCUT2D eigenvalue weighted by atomic mass is 9.51. The molecule has 12 atom stereocenters. The first kappa shape index (κ1) is 19.9. The number of rotatable bonds is 0. The lowest BCUT2D eigenvalue weighted by Crippen LogP contribution is -2.67. The van der Waals surface area contributed by atoms with Crippen molar-refractivity contribution >= 4 is 17.9 Å². The summed E-state index contributed by atoms with van der Waals surface area (Å²) in [5.41, 5.74) is -9.40. The predicted octanol–water partition coefficient (Wildman–Crippen LogP) is -2.40. The van der Waals surface area contributed by atoms with Crippen molar-refractivity contribution in [2.24, 2.45) is 28.1 Å². The Labute approximate surface area is 176 Å². The van der Waals surface area contributed by atoms with Gasteiger partial charge in [0.2, 0.25) is 11.9 Å². The van der Waals surface area contributed by atoms with Crippen LogP contribution in [0.1, 0.15) is 27.7 Å². The summed E-state index contributed by atoms with van der Waals surface area (Å²) in [4.78, 5) is 38.3. The molecule has 0 amide bonds. The zero-order valence-corrected chi connectivity index (χ0v) is 17.3. The molecular formula is C20H24O11. The van der Waals surface area contributed by atoms with Crippen LogP contribution in [0.15, 0.2) is 0 Å². The Morgan fingerprint density at radius 1 is 0.935 bits per heavy atom. The van der Waals surface area contributed by atoms with E-state index >= 15 is 0 Å². The van der Waals surface area contributed by atoms with Gasteiger partial charge in [-0.3, -0.25) is 4.79 Å². The van der Waals surface area contributed by atoms with E-state index < -0.39 is 94.0 Å². The lowest BCUT2D eigenvalue weighted by molar-refractivity contribution is -0.240. The molecule has 6 fully saturated rings. The molecule has 6 unspecified atom stereocenters. The largest absolute Gasteiger partial charge is 0.456 e. The van der Waals surface area contributed by atoms with Gasteiger partial charge in [-0.2, -0.15) is 0 Å². The summed E-state index contributed by atoms with van der Waals surface area (Å²) >= 11 is 0. The number of hydrogen-bond donors (Lipinski definition) is 4. The number of esters is 3. The maximum absolute atomic E-state index is 13.4. The molecular weight excluding hydrogens is 416 g/mol. The zero-order chi connectivity index (χ0) is 22.7. The zero-order valence-electron chi connectivity index (χ0n) is 17.3. The summed E-state index contributed by atoms with van der Waals surface area (Å²) in [6, 6.07) is 0. The highest BCUT2D eigenvalue weighted by atomic mass is 16.8. The third-order valence-corrected chi connectivity index (χ3v) is 8.95. The van der Waals surface area contributed by atoms with Crippen LogP contribution in [0.25, 0.3) is 0 Å². The van der Waals surface area contributed by atoms with Crippen LogP contribution < -0.4 is 0 Å². The summed E-state index contributed by atoms with van der Waals surface area (Å²) in [5, 5.41) is 46.1. The highest BCUT2D eigenvalue weighted by Gasteiger charge is 3.05. The van der Waals surface area contributed by atoms with Gasteiger partial charge < -0.3 is 39.4 Å². The Balaban J connectivity index is 1.75. The molecule has 2 aliphatic carbocycles. The maximum atomic E-state index is 13.4. The van der Waals surface area contributed by atoms with Gasteiger partial charge in [0, 0.05) is 5.92 Å². The predicted molar refractivity (Wildman–Crippen MR) is 93.4 cm³/mol. The number of carbonyl (C=O) groups excluding carboxylic acids is 3. The maximum Gasteiger partial charge on any atom is 0.343 e. The van der Waals surface area contributed by atoms with Gasteiger partial charge in [-0.25, -0.2) is 9.59 Å². The first-order valence-electron chi connectivity index (χ1n) is 10.3. The summed E-state index contributed by atoms with van der Waals surface area (Å²) in [6.45, 7) is 6.63. The fourth-order valence-corrected chi connectivity index (χ4v) is 8.27. The molecule has 2 saturated carbocycles. The monoisotopic (exact) mass is 440 g/mol. The van der Waals surface area contributed by atoms with E-state index in [1.165, 1.54) is 6.92 Å². The summed E-state index contributed by atoms with van der Waals surface area (Å²) in [6.07, 6.45) is -9.69. The van der Waals surface area contributed by atoms with Crippen LogP contribution in [0.5, 0.6) is 0 Å². The summed E-state index contributed by atoms with van der Waals surface area (Å²) < 4.78 is 22.2. The quantitative estimate of drug-likeness (QED) is 0.234. The number of aliphatic hydroxyl groups is 4. The van der Waals surface area contributed by atoms with E-state index in [0.717, 1.165) is 0 Å². The topological polar surface area (TPSA) is 169 Å². The summed E-state index contributed by atoms with van der Waals surface area (Å²) in [7, 11) is 0. The van der Waals surface area contributed by atoms with Crippen molar-refractivity contribution in [2.45, 2.75) is 75.7 Å². The molecule has 170 valence electrons. The second-order valence-corrected chi connectivity index (χ2v) is 10.8. The number of fused-ring (bicyclic) bond motifs is 1. The van der Waals surface area contributed by atoms with Gasteiger partial charge in [-0.15, -0.1) is 0 Å². The molecule has 0 radical (unpaired) electrons. The molecule has 6 aliphatic rings. The van der Waals surface area contributed by atoms with Gasteiger partial charge in [0.05, 0.1) is 22.9 Å². The molecule has 0 bridgehead atoms. The number of aliphatic hydroxyl groups excluding tert-OH is 3. The highest BCUT2D eigenvalue weighted by molar-refractivity contribution is 5.94. The molecule has 31 heavy (non-hydrogen) atoms. The SMILES string of the molecule is C[C@@H]1C(=O)O[C@H]2[C@H](O)C34[C@@H]5OC(=O)C3(O[C@@H]3OC(=O)C(O)C34C(C(C)(C)C)C5O)[C@@]12O. The van der Waals surface area contributed by atoms with Crippen LogP contribution in [0.3, 0.4) is 0 Å². The number of ether oxygens (including phenoxy) is 4. The molecule has 11 nitrogen and oxygen atoms in total. The van der Waals surface area contributed by atoms with E-state index in [1.54, 1.807) is 20.8 Å². The minimum absolute atomic E-state index is 0.792. The lowest BCUT2D eigenvalue weighted by Gasteiger charge is -2.47. The Bertz CT molecular complexity index is 957. The fraction of sp³-hybridized carbons (Fsp3) is 0.850. The van der Waals surface area contributed by atoms with Crippen molar-refractivity contribution in [3.63, 3.8) is 0 Å². The van der Waals surface area contributed by atoms with Crippen molar-refractivity contribution in [2.75, 3.05) is 0 Å². The minimum atomic E-state index is -2.40. The van der Waals surface area contributed by atoms with Crippen molar-refractivity contribution in [3.8, 4) is 0 Å². The number of hydrogen-bond acceptors (Lipinski definition) is 11. The molecule has 11 heteroatoms. The van der Waals surface area contributed by atoms with Crippen LogP contribution in [0.4, 0.5) is 0 Å². The smallest absolute Gasteiger partial charge is 0.343 e. The van der Waals surface area contributed by atoms with Gasteiger partial charge in [-0.05, 0) is 12.3 Å². The molecule has 4 N–H and O–H groups in total. The van der Waals surface area contributed by atoms with Crippen molar-refractivity contribution in [1.29, 1.82) is 0 Å². The van der Waals surface area contributed by atoms with E-state index in [-0.39, 0.29) is 0 Å². The van der Waals surface area contributed by atoms with E-state index in [2.05, 4.69) is 0 Å². The van der Waals surface area contributed by atoms with Crippen LogP contribution in [0, 0.1) is 28.1 Å². The molecule has 4 saturated heterocycles. The number of carbonyl (C=O) groups is 3. The van der Waals surface area contributed by atoms with E-state index in [4.69, 9.17) is 18.9 Å². The van der Waals surface area contributed by atoms with Crippen molar-refractivity contribution in [1.82, 2.24) is 0 Å². The molecule has 0 aromatic heterocycles. The fourth-order valence-electron chi connectivity index (χ4n) is 8.27. The average molecular weight is 440 g/mol. The first-order valence-corrected chi connectivity index (χ1v) is 10.3. The Hall–Kier alpha value is -1.79. The normalized spacial score (nSPS) is 61.0. The van der Waals surface area contributed by atoms with E-state index in [1.807, 2.05) is 0 Å². The van der Waals surface area contributed by atoms with Gasteiger partial charge in [0.25, 0.3) is 0 Å². The third-order valence-electron chi connectivity index (χ3n) is 8.95. The van der Waals surface area contributed by atoms with Gasteiger partial charge in [-0.1, -0.05) is 20.8 Å². The minimum Gasteiger partial charge on any atom is -0.456 e. The molecule has 0 aromatic carbocycles. The van der Waals surface area contributed by atoms with Crippen LogP contribution in [-0.2, 0) is 33.3 Å². The average Bonchev–Trinajstić information content (AvgIpc) is 3.35. The molecule has 2 spiro atoms. The van der Waals surface area contributed by atoms with E-state index in [9.17, 15) is 34.8 Å². The highest BCUT2D eigenvalue weighted by Crippen LogP contribution is 2.84. The first-order chi connectivity index (χ1) is 14.3. The van der Waals surface area contributed by atoms with Crippen LogP contribution >= 0.6 is 0 Å². The molecule has 6 rings (SSSR count). The van der Waals surface area contributed by atoms with Crippen molar-refractivity contribution in [3.05, 3.63) is 0 Å². The van der Waals surface area contributed by atoms with Gasteiger partial charge in [0.1, 0.15) is 12.2 Å². The van der Waals surface area contributed by atoms with Crippen LogP contribution in [-0.4, -0.2) is 86.3 Å². The Morgan fingerprint density at radius 2 is 1.58 bits per heavy atom. The Kier molecular flexibility index (Phi) is 3.15. The van der Waals surface area contributed by atoms with Gasteiger partial charge >= 0.3 is 17.9 Å². The van der Waals surface area contributed by atoms with Crippen LogP contribution in [0.2, 0.25) is 0 Å².